The number of nitrogens with zero attached hydrogens (tertiary/aromatic N) is 2. The summed E-state index contributed by atoms with van der Waals surface area (Å²) in [7, 11) is 1.74. The predicted molar refractivity (Wildman–Crippen MR) is 102 cm³/mol. The molecule has 1 aromatic carbocycles. The first-order valence-corrected chi connectivity index (χ1v) is 9.17. The second-order valence-corrected chi connectivity index (χ2v) is 7.10. The Kier molecular flexibility index (Phi) is 5.67. The van der Waals surface area contributed by atoms with Crippen LogP contribution in [0.25, 0.3) is 0 Å². The van der Waals surface area contributed by atoms with Crippen LogP contribution in [0.15, 0.2) is 41.2 Å². The molecule has 0 unspecified atom stereocenters. The third kappa shape index (κ3) is 4.28. The lowest BCUT2D eigenvalue weighted by Crippen LogP contribution is -2.42. The Balaban J connectivity index is 1.55. The predicted octanol–water partition coefficient (Wildman–Crippen LogP) is 2.96. The quantitative estimate of drug-likeness (QED) is 0.826. The zero-order valence-corrected chi connectivity index (χ0v) is 15.8. The monoisotopic (exact) mass is 374 g/mol. The second-order valence-electron chi connectivity index (χ2n) is 6.70. The number of rotatable bonds is 4. The van der Waals surface area contributed by atoms with Crippen molar-refractivity contribution in [1.82, 2.24) is 9.47 Å². The Morgan fingerprint density at radius 3 is 2.58 bits per heavy atom. The molecule has 0 aliphatic carbocycles. The van der Waals surface area contributed by atoms with E-state index in [1.54, 1.807) is 17.7 Å². The smallest absolute Gasteiger partial charge is 0.254 e. The van der Waals surface area contributed by atoms with Gasteiger partial charge in [-0.15, -0.1) is 0 Å². The van der Waals surface area contributed by atoms with Gasteiger partial charge in [-0.2, -0.15) is 0 Å². The molecule has 0 spiro atoms. The number of ether oxygens (including phenoxy) is 1. The average molecular weight is 375 g/mol. The SMILES string of the molecule is Cc1cc(OC2CCN(C(=O)Cc3ccccc3Cl)CC2)cc(=O)n1C. The molecular formula is C20H23ClN2O3. The molecule has 1 amide bonds. The third-order valence-corrected chi connectivity index (χ3v) is 5.24. The Morgan fingerprint density at radius 2 is 1.92 bits per heavy atom. The number of piperidine rings is 1. The number of halogens is 1. The minimum atomic E-state index is -0.0765. The molecule has 3 rings (SSSR count). The van der Waals surface area contributed by atoms with Gasteiger partial charge in [-0.1, -0.05) is 29.8 Å². The van der Waals surface area contributed by atoms with Crippen LogP contribution < -0.4 is 10.3 Å². The van der Waals surface area contributed by atoms with Crippen LogP contribution in [-0.2, 0) is 18.3 Å². The summed E-state index contributed by atoms with van der Waals surface area (Å²) < 4.78 is 7.55. The van der Waals surface area contributed by atoms with E-state index in [9.17, 15) is 9.59 Å². The van der Waals surface area contributed by atoms with Gasteiger partial charge >= 0.3 is 0 Å². The summed E-state index contributed by atoms with van der Waals surface area (Å²) in [6.45, 7) is 3.18. The number of likely N-dealkylation sites (tertiary alicyclic amines) is 1. The largest absolute Gasteiger partial charge is 0.490 e. The molecule has 1 aliphatic rings. The Labute approximate surface area is 158 Å². The number of carbonyl (C=O) groups excluding carboxylic acids is 1. The lowest BCUT2D eigenvalue weighted by molar-refractivity contribution is -0.132. The van der Waals surface area contributed by atoms with E-state index in [0.29, 0.717) is 30.3 Å². The normalized spacial score (nSPS) is 15.1. The molecule has 5 nitrogen and oxygen atoms in total. The summed E-state index contributed by atoms with van der Waals surface area (Å²) in [5.41, 5.74) is 1.64. The van der Waals surface area contributed by atoms with Gasteiger partial charge in [0.05, 0.1) is 6.42 Å². The van der Waals surface area contributed by atoms with Crippen LogP contribution in [0.3, 0.4) is 0 Å². The number of aryl methyl sites for hydroxylation is 1. The van der Waals surface area contributed by atoms with Crippen LogP contribution in [-0.4, -0.2) is 34.6 Å². The summed E-state index contributed by atoms with van der Waals surface area (Å²) in [6.07, 6.45) is 1.84. The van der Waals surface area contributed by atoms with Crippen molar-refractivity contribution in [2.45, 2.75) is 32.3 Å². The van der Waals surface area contributed by atoms with Gasteiger partial charge in [0.15, 0.2) is 0 Å². The zero-order chi connectivity index (χ0) is 18.7. The van der Waals surface area contributed by atoms with E-state index in [1.165, 1.54) is 6.07 Å². The third-order valence-electron chi connectivity index (χ3n) is 4.87. The number of hydrogen-bond donors (Lipinski definition) is 0. The van der Waals surface area contributed by atoms with Crippen LogP contribution in [0.4, 0.5) is 0 Å². The summed E-state index contributed by atoms with van der Waals surface area (Å²) >= 11 is 6.14. The first kappa shape index (κ1) is 18.5. The highest BCUT2D eigenvalue weighted by Gasteiger charge is 2.24. The summed E-state index contributed by atoms with van der Waals surface area (Å²) in [6, 6.07) is 10.8. The first-order chi connectivity index (χ1) is 12.4. The van der Waals surface area contributed by atoms with Gasteiger partial charge in [-0.05, 0) is 24.6 Å². The lowest BCUT2D eigenvalue weighted by Gasteiger charge is -2.32. The van der Waals surface area contributed by atoms with Crippen LogP contribution in [0.5, 0.6) is 5.75 Å². The average Bonchev–Trinajstić information content (AvgIpc) is 2.62. The number of pyridine rings is 1. The van der Waals surface area contributed by atoms with E-state index in [2.05, 4.69) is 0 Å². The maximum Gasteiger partial charge on any atom is 0.254 e. The summed E-state index contributed by atoms with van der Waals surface area (Å²) in [5.74, 6) is 0.687. The molecule has 0 N–H and O–H groups in total. The summed E-state index contributed by atoms with van der Waals surface area (Å²) in [5, 5.41) is 0.625. The number of aromatic nitrogens is 1. The van der Waals surface area contributed by atoms with E-state index < -0.39 is 0 Å². The Bertz CT molecular complexity index is 854. The topological polar surface area (TPSA) is 51.5 Å². The van der Waals surface area contributed by atoms with Crippen LogP contribution in [0.2, 0.25) is 5.02 Å². The Morgan fingerprint density at radius 1 is 1.23 bits per heavy atom. The van der Waals surface area contributed by atoms with Crippen molar-refractivity contribution in [2.75, 3.05) is 13.1 Å². The highest BCUT2D eigenvalue weighted by molar-refractivity contribution is 6.31. The minimum absolute atomic E-state index is 0.0193. The molecule has 2 heterocycles. The van der Waals surface area contributed by atoms with Gasteiger partial charge in [0.25, 0.3) is 5.56 Å². The summed E-state index contributed by atoms with van der Waals surface area (Å²) in [4.78, 5) is 26.2. The standard InChI is InChI=1S/C20H23ClN2O3/c1-14-11-17(13-19(24)22(14)2)26-16-7-9-23(10-8-16)20(25)12-15-5-3-4-6-18(15)21/h3-6,11,13,16H,7-10,12H2,1-2H3. The van der Waals surface area contributed by atoms with E-state index in [1.807, 2.05) is 36.1 Å². The fourth-order valence-electron chi connectivity index (χ4n) is 3.14. The molecule has 1 aliphatic heterocycles. The van der Waals surface area contributed by atoms with Crippen molar-refractivity contribution in [1.29, 1.82) is 0 Å². The van der Waals surface area contributed by atoms with Gasteiger partial charge in [0.2, 0.25) is 5.91 Å². The van der Waals surface area contributed by atoms with Crippen molar-refractivity contribution in [3.63, 3.8) is 0 Å². The Hall–Kier alpha value is -2.27. The number of amides is 1. The van der Waals surface area contributed by atoms with Crippen LogP contribution >= 0.6 is 11.6 Å². The maximum absolute atomic E-state index is 12.5. The number of benzene rings is 1. The number of carbonyl (C=O) groups is 1. The maximum atomic E-state index is 12.5. The fourth-order valence-corrected chi connectivity index (χ4v) is 3.34. The van der Waals surface area contributed by atoms with Gasteiger partial charge in [-0.25, -0.2) is 0 Å². The minimum Gasteiger partial charge on any atom is -0.490 e. The molecule has 0 atom stereocenters. The van der Waals surface area contributed by atoms with Crippen molar-refractivity contribution in [2.24, 2.45) is 7.05 Å². The molecule has 6 heteroatoms. The molecule has 0 saturated carbocycles. The molecule has 26 heavy (non-hydrogen) atoms. The van der Waals surface area contributed by atoms with Crippen molar-refractivity contribution >= 4 is 17.5 Å². The van der Waals surface area contributed by atoms with Gasteiger partial charge in [-0.3, -0.25) is 9.59 Å². The van der Waals surface area contributed by atoms with Crippen molar-refractivity contribution in [3.05, 3.63) is 63.0 Å². The molecule has 0 radical (unpaired) electrons. The first-order valence-electron chi connectivity index (χ1n) is 8.79. The highest BCUT2D eigenvalue weighted by atomic mass is 35.5. The van der Waals surface area contributed by atoms with Gasteiger partial charge < -0.3 is 14.2 Å². The van der Waals surface area contributed by atoms with Crippen molar-refractivity contribution in [3.8, 4) is 5.75 Å². The molecule has 1 fully saturated rings. The fraction of sp³-hybridized carbons (Fsp3) is 0.400. The lowest BCUT2D eigenvalue weighted by atomic mass is 10.1. The molecule has 1 aromatic heterocycles. The second kappa shape index (κ2) is 7.96. The van der Waals surface area contributed by atoms with Crippen LogP contribution in [0, 0.1) is 6.92 Å². The van der Waals surface area contributed by atoms with E-state index in [-0.39, 0.29) is 17.6 Å². The van der Waals surface area contributed by atoms with Gasteiger partial charge in [0.1, 0.15) is 11.9 Å². The number of hydrogen-bond acceptors (Lipinski definition) is 3. The van der Waals surface area contributed by atoms with Crippen molar-refractivity contribution < 1.29 is 9.53 Å². The van der Waals surface area contributed by atoms with E-state index in [4.69, 9.17) is 16.3 Å². The molecule has 1 saturated heterocycles. The zero-order valence-electron chi connectivity index (χ0n) is 15.1. The molecular weight excluding hydrogens is 352 g/mol. The molecule has 2 aromatic rings. The molecule has 138 valence electrons. The van der Waals surface area contributed by atoms with E-state index in [0.717, 1.165) is 24.1 Å². The van der Waals surface area contributed by atoms with E-state index >= 15 is 0 Å². The highest BCUT2D eigenvalue weighted by Crippen LogP contribution is 2.21. The van der Waals surface area contributed by atoms with Gasteiger partial charge in [0, 0.05) is 49.8 Å². The molecule has 0 bridgehead atoms. The van der Waals surface area contributed by atoms with Crippen LogP contribution in [0.1, 0.15) is 24.1 Å².